The summed E-state index contributed by atoms with van der Waals surface area (Å²) in [6.45, 7) is 2.94. The smallest absolute Gasteiger partial charge is 0.251 e. The van der Waals surface area contributed by atoms with Gasteiger partial charge in [0.15, 0.2) is 0 Å². The lowest BCUT2D eigenvalue weighted by Crippen LogP contribution is -2.39. The van der Waals surface area contributed by atoms with Crippen molar-refractivity contribution in [1.29, 1.82) is 0 Å². The Balaban J connectivity index is 1.84. The summed E-state index contributed by atoms with van der Waals surface area (Å²) in [6.07, 6.45) is 3.94. The van der Waals surface area contributed by atoms with Crippen molar-refractivity contribution < 1.29 is 4.79 Å². The average molecular weight is 268 g/mol. The predicted octanol–water partition coefficient (Wildman–Crippen LogP) is 1.81. The van der Waals surface area contributed by atoms with E-state index < -0.39 is 0 Å². The highest BCUT2D eigenvalue weighted by atomic mass is 35.5. The van der Waals surface area contributed by atoms with Crippen LogP contribution in [0.2, 0.25) is 5.15 Å². The molecule has 1 saturated heterocycles. The normalized spacial score (nSPS) is 20.7. The van der Waals surface area contributed by atoms with Gasteiger partial charge in [0.05, 0.1) is 0 Å². The quantitative estimate of drug-likeness (QED) is 0.850. The van der Waals surface area contributed by atoms with Gasteiger partial charge >= 0.3 is 0 Å². The van der Waals surface area contributed by atoms with Crippen LogP contribution in [0.3, 0.4) is 0 Å². The van der Waals surface area contributed by atoms with Gasteiger partial charge in [-0.1, -0.05) is 11.6 Å². The maximum Gasteiger partial charge on any atom is 0.251 e. The number of pyridine rings is 1. The molecule has 0 radical (unpaired) electrons. The zero-order valence-electron chi connectivity index (χ0n) is 10.5. The second kappa shape index (κ2) is 6.16. The third kappa shape index (κ3) is 3.68. The summed E-state index contributed by atoms with van der Waals surface area (Å²) in [5, 5.41) is 3.31. The van der Waals surface area contributed by atoms with Gasteiger partial charge in [-0.3, -0.25) is 4.79 Å². The van der Waals surface area contributed by atoms with Crippen molar-refractivity contribution in [1.82, 2.24) is 15.2 Å². The van der Waals surface area contributed by atoms with E-state index in [0.717, 1.165) is 19.6 Å². The molecule has 0 aromatic carbocycles. The fraction of sp³-hybridized carbons (Fsp3) is 0.538. The molecule has 1 aromatic heterocycles. The number of aromatic nitrogens is 1. The average Bonchev–Trinajstić information content (AvgIpc) is 2.36. The van der Waals surface area contributed by atoms with Crippen molar-refractivity contribution in [2.24, 2.45) is 5.92 Å². The monoisotopic (exact) mass is 267 g/mol. The molecule has 1 aliphatic rings. The highest BCUT2D eigenvalue weighted by molar-refractivity contribution is 6.29. The number of piperidine rings is 1. The molecule has 2 heterocycles. The zero-order valence-corrected chi connectivity index (χ0v) is 11.3. The standard InChI is InChI=1S/C13H18ClN3O/c1-17-6-2-3-10(9-17)8-16-13(18)11-4-5-15-12(14)7-11/h4-5,7,10H,2-3,6,8-9H2,1H3,(H,16,18). The first kappa shape index (κ1) is 13.3. The Morgan fingerprint density at radius 2 is 2.50 bits per heavy atom. The summed E-state index contributed by atoms with van der Waals surface area (Å²) in [7, 11) is 2.12. The van der Waals surface area contributed by atoms with Crippen molar-refractivity contribution in [2.45, 2.75) is 12.8 Å². The van der Waals surface area contributed by atoms with Gasteiger partial charge in [-0.2, -0.15) is 0 Å². The van der Waals surface area contributed by atoms with E-state index in [1.165, 1.54) is 12.8 Å². The van der Waals surface area contributed by atoms with Crippen LogP contribution in [-0.4, -0.2) is 42.5 Å². The van der Waals surface area contributed by atoms with Crippen LogP contribution in [-0.2, 0) is 0 Å². The number of halogens is 1. The number of amides is 1. The molecule has 1 aromatic rings. The third-order valence-electron chi connectivity index (χ3n) is 3.26. The highest BCUT2D eigenvalue weighted by Crippen LogP contribution is 2.14. The zero-order chi connectivity index (χ0) is 13.0. The Hall–Kier alpha value is -1.13. The van der Waals surface area contributed by atoms with Crippen LogP contribution in [0.25, 0.3) is 0 Å². The van der Waals surface area contributed by atoms with Gasteiger partial charge in [0.25, 0.3) is 5.91 Å². The summed E-state index contributed by atoms with van der Waals surface area (Å²) in [6, 6.07) is 3.26. The van der Waals surface area contributed by atoms with Gasteiger partial charge in [0, 0.05) is 24.8 Å². The van der Waals surface area contributed by atoms with E-state index in [0.29, 0.717) is 16.6 Å². The molecule has 0 bridgehead atoms. The van der Waals surface area contributed by atoms with Crippen LogP contribution in [0.15, 0.2) is 18.3 Å². The van der Waals surface area contributed by atoms with Crippen LogP contribution in [0.4, 0.5) is 0 Å². The lowest BCUT2D eigenvalue weighted by atomic mass is 9.98. The summed E-state index contributed by atoms with van der Waals surface area (Å²) in [5.41, 5.74) is 0.569. The molecule has 98 valence electrons. The van der Waals surface area contributed by atoms with Crippen LogP contribution < -0.4 is 5.32 Å². The fourth-order valence-corrected chi connectivity index (χ4v) is 2.50. The molecule has 1 N–H and O–H groups in total. The Labute approximate surface area is 112 Å². The number of nitrogens with zero attached hydrogens (tertiary/aromatic N) is 2. The summed E-state index contributed by atoms with van der Waals surface area (Å²) in [5.74, 6) is 0.470. The van der Waals surface area contributed by atoms with Crippen LogP contribution in [0, 0.1) is 5.92 Å². The minimum Gasteiger partial charge on any atom is -0.352 e. The van der Waals surface area contributed by atoms with E-state index in [4.69, 9.17) is 11.6 Å². The number of hydrogen-bond acceptors (Lipinski definition) is 3. The molecular weight excluding hydrogens is 250 g/mol. The molecule has 0 spiro atoms. The molecule has 0 saturated carbocycles. The molecule has 2 rings (SSSR count). The molecule has 0 aliphatic carbocycles. The maximum atomic E-state index is 11.9. The largest absolute Gasteiger partial charge is 0.352 e. The first-order chi connectivity index (χ1) is 8.65. The van der Waals surface area contributed by atoms with E-state index in [2.05, 4.69) is 22.2 Å². The molecule has 1 aliphatic heterocycles. The third-order valence-corrected chi connectivity index (χ3v) is 3.47. The number of rotatable bonds is 3. The minimum atomic E-state index is -0.0764. The van der Waals surface area contributed by atoms with Crippen molar-refractivity contribution in [3.05, 3.63) is 29.0 Å². The first-order valence-corrected chi connectivity index (χ1v) is 6.61. The fourth-order valence-electron chi connectivity index (χ4n) is 2.32. The van der Waals surface area contributed by atoms with E-state index in [-0.39, 0.29) is 5.91 Å². The Bertz CT molecular complexity index is 424. The summed E-state index contributed by atoms with van der Waals surface area (Å²) in [4.78, 5) is 18.1. The molecule has 5 heteroatoms. The van der Waals surface area contributed by atoms with E-state index in [1.807, 2.05) is 0 Å². The molecule has 18 heavy (non-hydrogen) atoms. The SMILES string of the molecule is CN1CCCC(CNC(=O)c2ccnc(Cl)c2)C1. The minimum absolute atomic E-state index is 0.0764. The second-order valence-corrected chi connectivity index (χ2v) is 5.24. The predicted molar refractivity (Wildman–Crippen MR) is 71.8 cm³/mol. The van der Waals surface area contributed by atoms with E-state index in [9.17, 15) is 4.79 Å². The summed E-state index contributed by atoms with van der Waals surface area (Å²) < 4.78 is 0. The maximum absolute atomic E-state index is 11.9. The van der Waals surface area contributed by atoms with Gasteiger partial charge in [-0.15, -0.1) is 0 Å². The number of likely N-dealkylation sites (tertiary alicyclic amines) is 1. The molecule has 1 amide bonds. The molecule has 4 nitrogen and oxygen atoms in total. The second-order valence-electron chi connectivity index (χ2n) is 4.85. The highest BCUT2D eigenvalue weighted by Gasteiger charge is 2.18. The molecule has 1 atom stereocenters. The number of hydrogen-bond donors (Lipinski definition) is 1. The molecular formula is C13H18ClN3O. The van der Waals surface area contributed by atoms with Gasteiger partial charge in [-0.05, 0) is 44.5 Å². The number of carbonyl (C=O) groups is 1. The van der Waals surface area contributed by atoms with Gasteiger partial charge < -0.3 is 10.2 Å². The van der Waals surface area contributed by atoms with Crippen molar-refractivity contribution >= 4 is 17.5 Å². The Kier molecular flexibility index (Phi) is 4.55. The van der Waals surface area contributed by atoms with Gasteiger partial charge in [0.2, 0.25) is 0 Å². The van der Waals surface area contributed by atoms with Gasteiger partial charge in [0.1, 0.15) is 5.15 Å². The van der Waals surface area contributed by atoms with Crippen molar-refractivity contribution in [3.8, 4) is 0 Å². The first-order valence-electron chi connectivity index (χ1n) is 6.23. The molecule has 1 fully saturated rings. The number of nitrogens with one attached hydrogen (secondary N) is 1. The Morgan fingerprint density at radius 3 is 3.22 bits per heavy atom. The van der Waals surface area contributed by atoms with Gasteiger partial charge in [-0.25, -0.2) is 4.98 Å². The number of carbonyl (C=O) groups excluding carboxylic acids is 1. The van der Waals surface area contributed by atoms with Crippen molar-refractivity contribution in [3.63, 3.8) is 0 Å². The van der Waals surface area contributed by atoms with E-state index >= 15 is 0 Å². The lowest BCUT2D eigenvalue weighted by Gasteiger charge is -2.29. The van der Waals surface area contributed by atoms with Crippen molar-refractivity contribution in [2.75, 3.05) is 26.7 Å². The van der Waals surface area contributed by atoms with Crippen LogP contribution in [0.5, 0.6) is 0 Å². The van der Waals surface area contributed by atoms with Crippen LogP contribution >= 0.6 is 11.6 Å². The Morgan fingerprint density at radius 1 is 1.67 bits per heavy atom. The van der Waals surface area contributed by atoms with E-state index in [1.54, 1.807) is 18.3 Å². The summed E-state index contributed by atoms with van der Waals surface area (Å²) >= 11 is 5.76. The topological polar surface area (TPSA) is 45.2 Å². The lowest BCUT2D eigenvalue weighted by molar-refractivity contribution is 0.0936. The van der Waals surface area contributed by atoms with Crippen LogP contribution in [0.1, 0.15) is 23.2 Å². The molecule has 1 unspecified atom stereocenters.